The molecular weight excluding hydrogens is 342 g/mol. The molecule has 156 valence electrons. The third-order valence-electron chi connectivity index (χ3n) is 4.94. The average Bonchev–Trinajstić information content (AvgIpc) is 2.59. The third-order valence-corrected chi connectivity index (χ3v) is 5.80. The van der Waals surface area contributed by atoms with E-state index in [4.69, 9.17) is 5.14 Å². The molecule has 0 aliphatic rings. The van der Waals surface area contributed by atoms with Gasteiger partial charge < -0.3 is 0 Å². The molecular formula is C22H45NO2S. The monoisotopic (exact) mass is 387 g/mol. The fourth-order valence-corrected chi connectivity index (χ4v) is 3.86. The molecule has 0 heterocycles. The third kappa shape index (κ3) is 23.6. The largest absolute Gasteiger partial charge is 0.229 e. The molecule has 2 N–H and O–H groups in total. The zero-order chi connectivity index (χ0) is 19.3. The van der Waals surface area contributed by atoms with E-state index in [9.17, 15) is 8.42 Å². The number of nitrogens with two attached hydrogens (primary N) is 1. The molecule has 0 atom stereocenters. The van der Waals surface area contributed by atoms with Crippen LogP contribution in [0.2, 0.25) is 0 Å². The molecule has 0 spiro atoms. The quantitative estimate of drug-likeness (QED) is 0.183. The van der Waals surface area contributed by atoms with Gasteiger partial charge in [0.2, 0.25) is 10.0 Å². The predicted octanol–water partition coefficient (Wildman–Crippen LogP) is 6.87. The second-order valence-electron chi connectivity index (χ2n) is 7.72. The van der Waals surface area contributed by atoms with Gasteiger partial charge in [-0.05, 0) is 32.1 Å². The molecule has 0 aromatic carbocycles. The van der Waals surface area contributed by atoms with Gasteiger partial charge >= 0.3 is 0 Å². The Kier molecular flexibility index (Phi) is 19.2. The lowest BCUT2D eigenvalue weighted by atomic mass is 10.1. The molecule has 0 radical (unpaired) electrons. The number of primary sulfonamides is 1. The van der Waals surface area contributed by atoms with Crippen LogP contribution >= 0.6 is 0 Å². The Labute approximate surface area is 164 Å². The predicted molar refractivity (Wildman–Crippen MR) is 116 cm³/mol. The summed E-state index contributed by atoms with van der Waals surface area (Å²) in [5.74, 6) is 0.138. The highest BCUT2D eigenvalue weighted by molar-refractivity contribution is 7.89. The van der Waals surface area contributed by atoms with Crippen molar-refractivity contribution >= 4 is 10.0 Å². The summed E-state index contributed by atoms with van der Waals surface area (Å²) < 4.78 is 21.6. The fourth-order valence-electron chi connectivity index (χ4n) is 3.26. The highest BCUT2D eigenvalue weighted by Gasteiger charge is 2.01. The van der Waals surface area contributed by atoms with Crippen LogP contribution in [0.15, 0.2) is 12.2 Å². The van der Waals surface area contributed by atoms with E-state index in [2.05, 4.69) is 19.1 Å². The van der Waals surface area contributed by atoms with Gasteiger partial charge in [-0.15, -0.1) is 0 Å². The number of allylic oxidation sites excluding steroid dienone is 2. The summed E-state index contributed by atoms with van der Waals surface area (Å²) in [7, 11) is -3.25. The van der Waals surface area contributed by atoms with Gasteiger partial charge in [0.25, 0.3) is 0 Å². The molecule has 0 fully saturated rings. The summed E-state index contributed by atoms with van der Waals surface area (Å²) in [6.07, 6.45) is 27.7. The summed E-state index contributed by atoms with van der Waals surface area (Å²) in [5, 5.41) is 4.98. The van der Waals surface area contributed by atoms with Gasteiger partial charge in [0.05, 0.1) is 5.75 Å². The molecule has 0 saturated heterocycles. The van der Waals surface area contributed by atoms with Gasteiger partial charge in [-0.2, -0.15) is 0 Å². The van der Waals surface area contributed by atoms with Crippen molar-refractivity contribution in [1.82, 2.24) is 0 Å². The van der Waals surface area contributed by atoms with E-state index in [0.717, 1.165) is 12.8 Å². The maximum Gasteiger partial charge on any atom is 0.209 e. The smallest absolute Gasteiger partial charge is 0.209 e. The van der Waals surface area contributed by atoms with Crippen LogP contribution in [0.5, 0.6) is 0 Å². The van der Waals surface area contributed by atoms with Crippen molar-refractivity contribution < 1.29 is 8.42 Å². The first-order valence-electron chi connectivity index (χ1n) is 11.2. The number of hydrogen-bond donors (Lipinski definition) is 1. The molecule has 0 aliphatic carbocycles. The maximum absolute atomic E-state index is 10.8. The van der Waals surface area contributed by atoms with E-state index in [0.29, 0.717) is 6.42 Å². The summed E-state index contributed by atoms with van der Waals surface area (Å²) in [6, 6.07) is 0. The second-order valence-corrected chi connectivity index (χ2v) is 9.45. The van der Waals surface area contributed by atoms with Crippen LogP contribution in [0, 0.1) is 0 Å². The zero-order valence-corrected chi connectivity index (χ0v) is 18.2. The first kappa shape index (κ1) is 25.6. The van der Waals surface area contributed by atoms with E-state index < -0.39 is 10.0 Å². The Morgan fingerprint density at radius 3 is 1.31 bits per heavy atom. The molecule has 0 amide bonds. The molecule has 0 aliphatic heterocycles. The molecule has 0 unspecified atom stereocenters. The standard InChI is InChI=1S/C22H45NO2S/c1-2-3-4-5-6-7-8-9-10-11-12-13-14-15-16-17-18-19-20-21-22-26(23,24)25/h10-11H,2-9,12-22H2,1H3,(H2,23,24,25)/b11-10-. The average molecular weight is 388 g/mol. The summed E-state index contributed by atoms with van der Waals surface area (Å²) in [4.78, 5) is 0. The van der Waals surface area contributed by atoms with E-state index in [-0.39, 0.29) is 5.75 Å². The van der Waals surface area contributed by atoms with Gasteiger partial charge in [-0.1, -0.05) is 103 Å². The van der Waals surface area contributed by atoms with Gasteiger partial charge in [0, 0.05) is 0 Å². The second kappa shape index (κ2) is 19.4. The summed E-state index contributed by atoms with van der Waals surface area (Å²) >= 11 is 0. The number of sulfonamides is 1. The first-order chi connectivity index (χ1) is 12.6. The minimum absolute atomic E-state index is 0.138. The molecule has 0 aromatic rings. The van der Waals surface area contributed by atoms with Crippen LogP contribution in [-0.4, -0.2) is 14.2 Å². The summed E-state index contributed by atoms with van der Waals surface area (Å²) in [5.41, 5.74) is 0. The Bertz CT molecular complexity index is 404. The topological polar surface area (TPSA) is 60.2 Å². The van der Waals surface area contributed by atoms with Crippen molar-refractivity contribution in [2.45, 2.75) is 122 Å². The van der Waals surface area contributed by atoms with Crippen LogP contribution in [0.25, 0.3) is 0 Å². The molecule has 4 heteroatoms. The molecule has 0 aromatic heterocycles. The highest BCUT2D eigenvalue weighted by atomic mass is 32.2. The van der Waals surface area contributed by atoms with Crippen LogP contribution in [0.4, 0.5) is 0 Å². The van der Waals surface area contributed by atoms with Gasteiger partial charge in [-0.25, -0.2) is 13.6 Å². The Hall–Kier alpha value is -0.350. The lowest BCUT2D eigenvalue weighted by Crippen LogP contribution is -2.16. The van der Waals surface area contributed by atoms with Gasteiger partial charge in [0.1, 0.15) is 0 Å². The van der Waals surface area contributed by atoms with E-state index >= 15 is 0 Å². The molecule has 0 bridgehead atoms. The van der Waals surface area contributed by atoms with Crippen LogP contribution in [0.3, 0.4) is 0 Å². The Morgan fingerprint density at radius 2 is 0.923 bits per heavy atom. The Morgan fingerprint density at radius 1 is 0.577 bits per heavy atom. The van der Waals surface area contributed by atoms with Crippen molar-refractivity contribution in [3.63, 3.8) is 0 Å². The lowest BCUT2D eigenvalue weighted by Gasteiger charge is -2.02. The molecule has 0 saturated carbocycles. The van der Waals surface area contributed by atoms with Crippen molar-refractivity contribution in [3.8, 4) is 0 Å². The van der Waals surface area contributed by atoms with Crippen molar-refractivity contribution in [2.24, 2.45) is 5.14 Å². The zero-order valence-electron chi connectivity index (χ0n) is 17.4. The number of unbranched alkanes of at least 4 members (excludes halogenated alkanes) is 16. The van der Waals surface area contributed by atoms with Crippen molar-refractivity contribution in [1.29, 1.82) is 0 Å². The van der Waals surface area contributed by atoms with E-state index in [1.165, 1.54) is 96.3 Å². The normalized spacial score (nSPS) is 12.2. The van der Waals surface area contributed by atoms with Crippen molar-refractivity contribution in [2.75, 3.05) is 5.75 Å². The fraction of sp³-hybridized carbons (Fsp3) is 0.909. The number of hydrogen-bond acceptors (Lipinski definition) is 2. The van der Waals surface area contributed by atoms with Crippen LogP contribution in [0.1, 0.15) is 122 Å². The van der Waals surface area contributed by atoms with Gasteiger partial charge in [-0.3, -0.25) is 0 Å². The van der Waals surface area contributed by atoms with Crippen LogP contribution < -0.4 is 5.14 Å². The van der Waals surface area contributed by atoms with E-state index in [1.54, 1.807) is 0 Å². The first-order valence-corrected chi connectivity index (χ1v) is 12.9. The minimum atomic E-state index is -3.25. The SMILES string of the molecule is CCCCCCCCC/C=C\CCCCCCCCCCCS(N)(=O)=O. The van der Waals surface area contributed by atoms with Gasteiger partial charge in [0.15, 0.2) is 0 Å². The molecule has 3 nitrogen and oxygen atoms in total. The van der Waals surface area contributed by atoms with Crippen molar-refractivity contribution in [3.05, 3.63) is 12.2 Å². The summed E-state index contributed by atoms with van der Waals surface area (Å²) in [6.45, 7) is 2.27. The number of rotatable bonds is 20. The lowest BCUT2D eigenvalue weighted by molar-refractivity contribution is 0.561. The molecule has 0 rings (SSSR count). The van der Waals surface area contributed by atoms with Crippen LogP contribution in [-0.2, 0) is 10.0 Å². The highest BCUT2D eigenvalue weighted by Crippen LogP contribution is 2.12. The maximum atomic E-state index is 10.8. The van der Waals surface area contributed by atoms with E-state index in [1.807, 2.05) is 0 Å². The Balaban J connectivity index is 3.12. The minimum Gasteiger partial charge on any atom is -0.229 e. The molecule has 26 heavy (non-hydrogen) atoms.